The molecule has 0 unspecified atom stereocenters. The molecule has 1 fully saturated rings. The van der Waals surface area contributed by atoms with Crippen LogP contribution in [0.1, 0.15) is 65.8 Å². The molecule has 280 valence electrons. The van der Waals surface area contributed by atoms with Crippen molar-refractivity contribution >= 4 is 28.8 Å². The highest BCUT2D eigenvalue weighted by atomic mass is 32.2. The largest absolute Gasteiger partial charge is 0.456 e. The number of rotatable bonds is 6. The first kappa shape index (κ1) is 34.9. The van der Waals surface area contributed by atoms with Crippen LogP contribution in [0.15, 0.2) is 204 Å². The van der Waals surface area contributed by atoms with Crippen molar-refractivity contribution in [1.82, 2.24) is 0 Å². The van der Waals surface area contributed by atoms with Gasteiger partial charge in [-0.25, -0.2) is 0 Å². The summed E-state index contributed by atoms with van der Waals surface area (Å²) < 4.78 is 7.18. The van der Waals surface area contributed by atoms with Crippen LogP contribution in [0.5, 0.6) is 11.5 Å². The van der Waals surface area contributed by atoms with Gasteiger partial charge in [-0.3, -0.25) is 0 Å². The molecule has 0 amide bonds. The summed E-state index contributed by atoms with van der Waals surface area (Å²) in [4.78, 5) is 4.94. The van der Waals surface area contributed by atoms with E-state index in [0.29, 0.717) is 5.92 Å². The van der Waals surface area contributed by atoms with Gasteiger partial charge in [-0.1, -0.05) is 164 Å². The van der Waals surface area contributed by atoms with Crippen molar-refractivity contribution in [3.8, 4) is 33.8 Å². The minimum atomic E-state index is -0.530. The van der Waals surface area contributed by atoms with E-state index in [0.717, 1.165) is 28.6 Å². The molecule has 0 bridgehead atoms. The van der Waals surface area contributed by atoms with Crippen molar-refractivity contribution < 1.29 is 4.74 Å². The van der Waals surface area contributed by atoms with Gasteiger partial charge in [0.2, 0.25) is 0 Å². The molecule has 8 aromatic carbocycles. The first-order chi connectivity index (χ1) is 28.8. The molecule has 58 heavy (non-hydrogen) atoms. The van der Waals surface area contributed by atoms with E-state index in [4.69, 9.17) is 4.74 Å². The molecule has 0 atom stereocenters. The van der Waals surface area contributed by atoms with Crippen molar-refractivity contribution in [2.24, 2.45) is 0 Å². The van der Waals surface area contributed by atoms with Gasteiger partial charge >= 0.3 is 0 Å². The molecule has 0 radical (unpaired) electrons. The number of benzene rings is 8. The zero-order valence-electron chi connectivity index (χ0n) is 32.4. The van der Waals surface area contributed by atoms with Crippen molar-refractivity contribution in [2.75, 3.05) is 4.90 Å². The van der Waals surface area contributed by atoms with Crippen LogP contribution in [0.2, 0.25) is 0 Å². The standard InChI is InChI=1S/C55H43NOS/c1-4-15-38(16-5-1)39-27-32-44(33-28-39)56(43-19-8-3-9-20-43)45-34-29-40(30-35-45)42-31-36-51-50(37-42)55(47-22-10-12-25-52(47)58-53-26-13-11-23-48(53)55)49-24-14-21-46(54(49)57-51)41-17-6-2-7-18-41/h1,3-5,8-16,19-37,41H,2,6-7,17-18H2. The van der Waals surface area contributed by atoms with Gasteiger partial charge in [0.15, 0.2) is 0 Å². The van der Waals surface area contributed by atoms with E-state index in [2.05, 4.69) is 199 Å². The van der Waals surface area contributed by atoms with Crippen LogP contribution in [0.25, 0.3) is 22.3 Å². The lowest BCUT2D eigenvalue weighted by molar-refractivity contribution is 0.397. The van der Waals surface area contributed by atoms with Gasteiger partial charge in [0.1, 0.15) is 11.5 Å². The molecule has 0 N–H and O–H groups in total. The second-order valence-corrected chi connectivity index (χ2v) is 16.9. The summed E-state index contributed by atoms with van der Waals surface area (Å²) in [7, 11) is 0. The molecular formula is C55H43NOS. The highest BCUT2D eigenvalue weighted by Crippen LogP contribution is 2.63. The summed E-state index contributed by atoms with van der Waals surface area (Å²) in [6, 6.07) is 71.2. The Labute approximate surface area is 345 Å². The summed E-state index contributed by atoms with van der Waals surface area (Å²) in [6.45, 7) is 0. The Balaban J connectivity index is 1.04. The van der Waals surface area contributed by atoms with Crippen LogP contribution in [0, 0.1) is 0 Å². The fourth-order valence-electron chi connectivity index (χ4n) is 9.88. The van der Waals surface area contributed by atoms with Gasteiger partial charge in [-0.15, -0.1) is 0 Å². The fourth-order valence-corrected chi connectivity index (χ4v) is 11.1. The number of hydrogen-bond donors (Lipinski definition) is 0. The second-order valence-electron chi connectivity index (χ2n) is 15.8. The predicted molar refractivity (Wildman–Crippen MR) is 240 cm³/mol. The average molecular weight is 766 g/mol. The summed E-state index contributed by atoms with van der Waals surface area (Å²) in [5.41, 5.74) is 14.1. The quantitative estimate of drug-likeness (QED) is 0.167. The van der Waals surface area contributed by atoms with Crippen LogP contribution in [0.3, 0.4) is 0 Å². The molecule has 3 heteroatoms. The maximum absolute atomic E-state index is 7.18. The van der Waals surface area contributed by atoms with E-state index in [9.17, 15) is 0 Å². The third-order valence-electron chi connectivity index (χ3n) is 12.6. The molecule has 2 aliphatic heterocycles. The minimum Gasteiger partial charge on any atom is -0.456 e. The summed E-state index contributed by atoms with van der Waals surface area (Å²) in [6.07, 6.45) is 6.33. The maximum Gasteiger partial charge on any atom is 0.135 e. The number of para-hydroxylation sites is 2. The molecule has 2 heterocycles. The van der Waals surface area contributed by atoms with E-state index in [1.807, 2.05) is 11.8 Å². The molecule has 2 nitrogen and oxygen atoms in total. The van der Waals surface area contributed by atoms with Crippen molar-refractivity contribution in [2.45, 2.75) is 53.2 Å². The van der Waals surface area contributed by atoms with E-state index in [-0.39, 0.29) is 0 Å². The summed E-state index contributed by atoms with van der Waals surface area (Å²) >= 11 is 1.89. The normalized spacial score (nSPS) is 15.0. The lowest BCUT2D eigenvalue weighted by Gasteiger charge is -2.46. The van der Waals surface area contributed by atoms with Crippen molar-refractivity contribution in [3.05, 3.63) is 222 Å². The van der Waals surface area contributed by atoms with Crippen molar-refractivity contribution in [3.63, 3.8) is 0 Å². The van der Waals surface area contributed by atoms with Gasteiger partial charge in [-0.2, -0.15) is 0 Å². The fraction of sp³-hybridized carbons (Fsp3) is 0.127. The summed E-state index contributed by atoms with van der Waals surface area (Å²) in [5, 5.41) is 0. The average Bonchev–Trinajstić information content (AvgIpc) is 3.30. The molecular weight excluding hydrogens is 723 g/mol. The van der Waals surface area contributed by atoms with Crippen LogP contribution in [-0.4, -0.2) is 0 Å². The van der Waals surface area contributed by atoms with E-state index in [1.165, 1.54) is 92.0 Å². The molecule has 0 aromatic heterocycles. The van der Waals surface area contributed by atoms with Gasteiger partial charge in [0.05, 0.1) is 5.41 Å². The van der Waals surface area contributed by atoms with Gasteiger partial charge in [0, 0.05) is 38.0 Å². The van der Waals surface area contributed by atoms with E-state index in [1.54, 1.807) is 0 Å². The van der Waals surface area contributed by atoms with Crippen LogP contribution >= 0.6 is 11.8 Å². The Morgan fingerprint density at radius 1 is 0.431 bits per heavy atom. The zero-order chi connectivity index (χ0) is 38.5. The number of anilines is 3. The zero-order valence-corrected chi connectivity index (χ0v) is 33.2. The molecule has 1 saturated carbocycles. The van der Waals surface area contributed by atoms with Gasteiger partial charge in [-0.05, 0) is 118 Å². The van der Waals surface area contributed by atoms with E-state index >= 15 is 0 Å². The Kier molecular flexibility index (Phi) is 8.78. The lowest BCUT2D eigenvalue weighted by Crippen LogP contribution is -2.37. The number of fused-ring (bicyclic) bond motifs is 8. The highest BCUT2D eigenvalue weighted by Gasteiger charge is 2.50. The Bertz CT molecular complexity index is 2710. The molecule has 8 aromatic rings. The third kappa shape index (κ3) is 5.79. The van der Waals surface area contributed by atoms with Gasteiger partial charge < -0.3 is 9.64 Å². The topological polar surface area (TPSA) is 12.5 Å². The molecule has 0 saturated heterocycles. The summed E-state index contributed by atoms with van der Waals surface area (Å²) in [5.74, 6) is 2.52. The lowest BCUT2D eigenvalue weighted by atomic mass is 9.62. The Hall–Kier alpha value is -6.29. The molecule has 11 rings (SSSR count). The smallest absolute Gasteiger partial charge is 0.135 e. The molecule has 1 aliphatic carbocycles. The highest BCUT2D eigenvalue weighted by molar-refractivity contribution is 7.99. The van der Waals surface area contributed by atoms with Crippen LogP contribution in [-0.2, 0) is 5.41 Å². The Morgan fingerprint density at radius 3 is 1.60 bits per heavy atom. The number of ether oxygens (including phenoxy) is 1. The predicted octanol–water partition coefficient (Wildman–Crippen LogP) is 15.5. The second kappa shape index (κ2) is 14.6. The van der Waals surface area contributed by atoms with Crippen LogP contribution in [0.4, 0.5) is 17.1 Å². The number of hydrogen-bond acceptors (Lipinski definition) is 3. The molecule has 1 spiro atoms. The molecule has 3 aliphatic rings. The third-order valence-corrected chi connectivity index (χ3v) is 13.7. The number of nitrogens with zero attached hydrogens (tertiary/aromatic N) is 1. The SMILES string of the molecule is c1ccc(-c2ccc(N(c3ccccc3)c3ccc(-c4ccc5c(c4)C4(c6ccccc6Sc6ccccc64)c4cccc(C6CCCCC6)c4O5)cc3)cc2)cc1. The first-order valence-electron chi connectivity index (χ1n) is 20.7. The maximum atomic E-state index is 7.18. The Morgan fingerprint density at radius 2 is 0.948 bits per heavy atom. The van der Waals surface area contributed by atoms with Crippen molar-refractivity contribution in [1.29, 1.82) is 0 Å². The van der Waals surface area contributed by atoms with Crippen LogP contribution < -0.4 is 9.64 Å². The monoisotopic (exact) mass is 765 g/mol. The van der Waals surface area contributed by atoms with Gasteiger partial charge in [0.25, 0.3) is 0 Å². The minimum absolute atomic E-state index is 0.515. The van der Waals surface area contributed by atoms with E-state index < -0.39 is 5.41 Å². The first-order valence-corrected chi connectivity index (χ1v) is 21.5.